The molecule has 18 heavy (non-hydrogen) atoms. The second kappa shape index (κ2) is 7.76. The van der Waals surface area contributed by atoms with Crippen LogP contribution in [0.5, 0.6) is 0 Å². The van der Waals surface area contributed by atoms with Crippen molar-refractivity contribution in [1.29, 1.82) is 0 Å². The van der Waals surface area contributed by atoms with Gasteiger partial charge in [-0.1, -0.05) is 0 Å². The monoisotopic (exact) mass is 289 g/mol. The van der Waals surface area contributed by atoms with E-state index >= 15 is 0 Å². The van der Waals surface area contributed by atoms with E-state index in [4.69, 9.17) is 9.52 Å². The van der Waals surface area contributed by atoms with Crippen LogP contribution in [0.25, 0.3) is 0 Å². The average molecular weight is 289 g/mol. The molecule has 1 aromatic heterocycles. The Kier molecular flexibility index (Phi) is 6.67. The summed E-state index contributed by atoms with van der Waals surface area (Å²) in [5.41, 5.74) is 0. The molecule has 1 heterocycles. The Labute approximate surface area is 116 Å². The van der Waals surface area contributed by atoms with Crippen LogP contribution in [0, 0.1) is 0 Å². The smallest absolute Gasteiger partial charge is 0.287 e. The zero-order chi connectivity index (χ0) is 13.5. The third-order valence-electron chi connectivity index (χ3n) is 2.57. The maximum Gasteiger partial charge on any atom is 0.287 e. The van der Waals surface area contributed by atoms with Crippen LogP contribution in [-0.4, -0.2) is 41.4 Å². The Hall–Kier alpha value is -0.590. The first-order chi connectivity index (χ1) is 8.62. The van der Waals surface area contributed by atoms with E-state index < -0.39 is 0 Å². The van der Waals surface area contributed by atoms with Crippen LogP contribution in [-0.2, 0) is 5.75 Å². The number of furan rings is 1. The highest BCUT2D eigenvalue weighted by atomic mass is 32.2. The molecule has 102 valence electrons. The quantitative estimate of drug-likeness (QED) is 0.804. The fourth-order valence-electron chi connectivity index (χ4n) is 1.53. The molecule has 0 bridgehead atoms. The topological polar surface area (TPSA) is 62.5 Å². The largest absolute Gasteiger partial charge is 0.455 e. The van der Waals surface area contributed by atoms with E-state index in [0.29, 0.717) is 5.76 Å². The third kappa shape index (κ3) is 4.26. The summed E-state index contributed by atoms with van der Waals surface area (Å²) in [6, 6.07) is 3.39. The molecule has 2 atom stereocenters. The number of amides is 1. The summed E-state index contributed by atoms with van der Waals surface area (Å²) in [4.78, 5) is 11.9. The van der Waals surface area contributed by atoms with Crippen molar-refractivity contribution in [1.82, 2.24) is 5.32 Å². The Morgan fingerprint density at radius 2 is 2.22 bits per heavy atom. The van der Waals surface area contributed by atoms with E-state index in [-0.39, 0.29) is 23.8 Å². The number of thioether (sulfide) groups is 2. The lowest BCUT2D eigenvalue weighted by molar-refractivity contribution is 0.0906. The van der Waals surface area contributed by atoms with E-state index in [1.807, 2.05) is 25.5 Å². The van der Waals surface area contributed by atoms with Gasteiger partial charge in [0.2, 0.25) is 0 Å². The van der Waals surface area contributed by atoms with E-state index in [2.05, 4.69) is 5.32 Å². The van der Waals surface area contributed by atoms with Gasteiger partial charge in [-0.2, -0.15) is 23.5 Å². The summed E-state index contributed by atoms with van der Waals surface area (Å²) in [6.45, 7) is 1.92. The molecule has 2 N–H and O–H groups in total. The number of aliphatic hydroxyl groups is 1. The minimum atomic E-state index is -0.234. The fraction of sp³-hybridized carbons (Fsp3) is 0.583. The van der Waals surface area contributed by atoms with E-state index in [1.54, 1.807) is 17.8 Å². The lowest BCUT2D eigenvalue weighted by atomic mass is 10.2. The van der Waals surface area contributed by atoms with Gasteiger partial charge in [0.05, 0.1) is 12.4 Å². The zero-order valence-corrected chi connectivity index (χ0v) is 12.4. The molecular weight excluding hydrogens is 270 g/mol. The number of aliphatic hydroxyl groups excluding tert-OH is 1. The predicted molar refractivity (Wildman–Crippen MR) is 77.2 cm³/mol. The van der Waals surface area contributed by atoms with Gasteiger partial charge in [0, 0.05) is 11.3 Å². The highest BCUT2D eigenvalue weighted by molar-refractivity contribution is 7.99. The molecule has 1 aromatic rings. The van der Waals surface area contributed by atoms with Crippen molar-refractivity contribution in [3.63, 3.8) is 0 Å². The van der Waals surface area contributed by atoms with Gasteiger partial charge < -0.3 is 14.8 Å². The standard InChI is InChI=1S/C12H19NO3S2/c1-8(11(6-14)18-3)13-12(15)10-5-4-9(16-10)7-17-2/h4-5,8,11,14H,6-7H2,1-3H3,(H,13,15). The Bertz CT molecular complexity index is 377. The van der Waals surface area contributed by atoms with Crippen LogP contribution in [0.4, 0.5) is 0 Å². The Morgan fingerprint density at radius 3 is 2.78 bits per heavy atom. The Balaban J connectivity index is 2.58. The van der Waals surface area contributed by atoms with Crippen LogP contribution in [0.15, 0.2) is 16.5 Å². The lowest BCUT2D eigenvalue weighted by Gasteiger charge is -2.20. The van der Waals surface area contributed by atoms with Crippen LogP contribution in [0.1, 0.15) is 23.2 Å². The van der Waals surface area contributed by atoms with Crippen molar-refractivity contribution in [2.24, 2.45) is 0 Å². The molecule has 0 radical (unpaired) electrons. The van der Waals surface area contributed by atoms with Gasteiger partial charge in [-0.3, -0.25) is 4.79 Å². The van der Waals surface area contributed by atoms with E-state index in [9.17, 15) is 4.79 Å². The second-order valence-electron chi connectivity index (χ2n) is 3.92. The minimum absolute atomic E-state index is 0.00502. The molecule has 6 heteroatoms. The maximum atomic E-state index is 11.9. The van der Waals surface area contributed by atoms with Crippen LogP contribution in [0.2, 0.25) is 0 Å². The molecule has 0 aliphatic carbocycles. The molecule has 0 aromatic carbocycles. The molecule has 0 fully saturated rings. The molecule has 0 spiro atoms. The summed E-state index contributed by atoms with van der Waals surface area (Å²) in [5.74, 6) is 1.64. The molecular formula is C12H19NO3S2. The van der Waals surface area contributed by atoms with Crippen molar-refractivity contribution in [2.75, 3.05) is 19.1 Å². The van der Waals surface area contributed by atoms with E-state index in [1.165, 1.54) is 11.8 Å². The SMILES string of the molecule is CSCc1ccc(C(=O)NC(C)C(CO)SC)o1. The van der Waals surface area contributed by atoms with Gasteiger partial charge in [-0.15, -0.1) is 0 Å². The summed E-state index contributed by atoms with van der Waals surface area (Å²) in [5, 5.41) is 12.0. The number of hydrogen-bond acceptors (Lipinski definition) is 5. The summed E-state index contributed by atoms with van der Waals surface area (Å²) < 4.78 is 5.43. The number of nitrogens with one attached hydrogen (secondary N) is 1. The number of carbonyl (C=O) groups is 1. The van der Waals surface area contributed by atoms with Crippen molar-refractivity contribution in [2.45, 2.75) is 24.0 Å². The zero-order valence-electron chi connectivity index (χ0n) is 10.8. The van der Waals surface area contributed by atoms with Crippen molar-refractivity contribution < 1.29 is 14.3 Å². The number of carbonyl (C=O) groups excluding carboxylic acids is 1. The average Bonchev–Trinajstić information content (AvgIpc) is 2.79. The first kappa shape index (κ1) is 15.5. The molecule has 2 unspecified atom stereocenters. The van der Waals surface area contributed by atoms with Gasteiger partial charge in [-0.25, -0.2) is 0 Å². The lowest BCUT2D eigenvalue weighted by Crippen LogP contribution is -2.41. The molecule has 1 amide bonds. The Morgan fingerprint density at radius 1 is 1.50 bits per heavy atom. The van der Waals surface area contributed by atoms with E-state index in [0.717, 1.165) is 11.5 Å². The fourth-order valence-corrected chi connectivity index (χ4v) is 2.59. The van der Waals surface area contributed by atoms with Gasteiger partial charge in [0.15, 0.2) is 5.76 Å². The van der Waals surface area contributed by atoms with Crippen molar-refractivity contribution >= 4 is 29.4 Å². The highest BCUT2D eigenvalue weighted by Crippen LogP contribution is 2.15. The second-order valence-corrected chi connectivity index (χ2v) is 5.86. The van der Waals surface area contributed by atoms with Gasteiger partial charge in [-0.05, 0) is 31.6 Å². The molecule has 0 saturated carbocycles. The van der Waals surface area contributed by atoms with Crippen LogP contribution < -0.4 is 5.32 Å². The van der Waals surface area contributed by atoms with Gasteiger partial charge in [0.1, 0.15) is 5.76 Å². The first-order valence-corrected chi connectivity index (χ1v) is 8.32. The van der Waals surface area contributed by atoms with Crippen LogP contribution in [0.3, 0.4) is 0 Å². The normalized spacial score (nSPS) is 14.2. The molecule has 0 saturated heterocycles. The molecule has 4 nitrogen and oxygen atoms in total. The summed E-state index contributed by atoms with van der Waals surface area (Å²) in [6.07, 6.45) is 3.89. The van der Waals surface area contributed by atoms with Gasteiger partial charge >= 0.3 is 0 Å². The maximum absolute atomic E-state index is 11.9. The minimum Gasteiger partial charge on any atom is -0.455 e. The summed E-state index contributed by atoms with van der Waals surface area (Å²) >= 11 is 3.17. The third-order valence-corrected chi connectivity index (χ3v) is 4.31. The van der Waals surface area contributed by atoms with Crippen LogP contribution >= 0.6 is 23.5 Å². The first-order valence-electron chi connectivity index (χ1n) is 5.64. The number of hydrogen-bond donors (Lipinski definition) is 2. The molecule has 0 aliphatic rings. The summed E-state index contributed by atoms with van der Waals surface area (Å²) in [7, 11) is 0. The number of rotatable bonds is 7. The molecule has 1 rings (SSSR count). The highest BCUT2D eigenvalue weighted by Gasteiger charge is 2.19. The van der Waals surface area contributed by atoms with Crippen molar-refractivity contribution in [3.05, 3.63) is 23.7 Å². The van der Waals surface area contributed by atoms with Gasteiger partial charge in [0.25, 0.3) is 5.91 Å². The van der Waals surface area contributed by atoms with Crippen molar-refractivity contribution in [3.8, 4) is 0 Å². The predicted octanol–water partition coefficient (Wildman–Crippen LogP) is 1.98. The molecule has 0 aliphatic heterocycles.